The molecule has 1 fully saturated rings. The lowest BCUT2D eigenvalue weighted by molar-refractivity contribution is -0.0745. The van der Waals surface area contributed by atoms with Crippen molar-refractivity contribution in [2.45, 2.75) is 44.2 Å². The van der Waals surface area contributed by atoms with Crippen molar-refractivity contribution < 1.29 is 9.47 Å². The van der Waals surface area contributed by atoms with Gasteiger partial charge < -0.3 is 14.8 Å². The van der Waals surface area contributed by atoms with Gasteiger partial charge in [-0.2, -0.15) is 0 Å². The molecule has 3 heteroatoms. The summed E-state index contributed by atoms with van der Waals surface area (Å²) in [5.41, 5.74) is 1.18. The van der Waals surface area contributed by atoms with E-state index in [-0.39, 0.29) is 11.6 Å². The van der Waals surface area contributed by atoms with E-state index >= 15 is 0 Å². The Hall–Kier alpha value is -1.06. The highest BCUT2D eigenvalue weighted by molar-refractivity contribution is 5.31. The fourth-order valence-corrected chi connectivity index (χ4v) is 3.39. The van der Waals surface area contributed by atoms with Gasteiger partial charge in [-0.15, -0.1) is 0 Å². The zero-order chi connectivity index (χ0) is 14.6. The lowest BCUT2D eigenvalue weighted by Gasteiger charge is -2.44. The third-order valence-corrected chi connectivity index (χ3v) is 4.79. The molecular formula is C17H27NO2. The molecule has 0 bridgehead atoms. The van der Waals surface area contributed by atoms with Crippen LogP contribution in [0.4, 0.5) is 0 Å². The summed E-state index contributed by atoms with van der Waals surface area (Å²) in [6.07, 6.45) is 4.70. The average molecular weight is 277 g/mol. The molecule has 0 aromatic heterocycles. The Balaban J connectivity index is 2.24. The van der Waals surface area contributed by atoms with Crippen molar-refractivity contribution in [2.75, 3.05) is 21.3 Å². The van der Waals surface area contributed by atoms with Crippen LogP contribution in [-0.4, -0.2) is 26.9 Å². The van der Waals surface area contributed by atoms with Crippen molar-refractivity contribution in [3.8, 4) is 5.75 Å². The Bertz CT molecular complexity index is 408. The standard InChI is InChI=1S/C17H27NO2/c1-13-9-11-17(20-4,12-10-13)16(18-2)14-5-7-15(19-3)8-6-14/h5-8,13,16,18H,9-12H2,1-4H3. The number of hydrogen-bond donors (Lipinski definition) is 1. The number of hydrogen-bond acceptors (Lipinski definition) is 3. The summed E-state index contributed by atoms with van der Waals surface area (Å²) in [6, 6.07) is 8.55. The summed E-state index contributed by atoms with van der Waals surface area (Å²) >= 11 is 0. The van der Waals surface area contributed by atoms with Crippen molar-refractivity contribution in [1.29, 1.82) is 0 Å². The van der Waals surface area contributed by atoms with Crippen LogP contribution < -0.4 is 10.1 Å². The maximum atomic E-state index is 6.00. The molecule has 0 saturated heterocycles. The summed E-state index contributed by atoms with van der Waals surface area (Å²) < 4.78 is 11.2. The maximum absolute atomic E-state index is 6.00. The quantitative estimate of drug-likeness (QED) is 0.893. The van der Waals surface area contributed by atoms with Gasteiger partial charge in [0.1, 0.15) is 5.75 Å². The van der Waals surface area contributed by atoms with Crippen molar-refractivity contribution in [1.82, 2.24) is 5.32 Å². The van der Waals surface area contributed by atoms with Gasteiger partial charge in [-0.05, 0) is 56.3 Å². The van der Waals surface area contributed by atoms with Crippen LogP contribution in [0.2, 0.25) is 0 Å². The van der Waals surface area contributed by atoms with E-state index < -0.39 is 0 Å². The fraction of sp³-hybridized carbons (Fsp3) is 0.647. The van der Waals surface area contributed by atoms with E-state index in [1.54, 1.807) is 7.11 Å². The molecule has 1 saturated carbocycles. The van der Waals surface area contributed by atoms with Gasteiger partial charge in [0.25, 0.3) is 0 Å². The minimum Gasteiger partial charge on any atom is -0.497 e. The number of ether oxygens (including phenoxy) is 2. The van der Waals surface area contributed by atoms with Gasteiger partial charge in [-0.25, -0.2) is 0 Å². The molecule has 0 radical (unpaired) electrons. The van der Waals surface area contributed by atoms with Crippen molar-refractivity contribution in [2.24, 2.45) is 5.92 Å². The molecule has 2 rings (SSSR count). The normalized spacial score (nSPS) is 28.1. The summed E-state index contributed by atoms with van der Waals surface area (Å²) in [4.78, 5) is 0. The molecule has 1 aromatic carbocycles. The predicted molar refractivity (Wildman–Crippen MR) is 82.2 cm³/mol. The maximum Gasteiger partial charge on any atom is 0.118 e. The zero-order valence-corrected chi connectivity index (χ0v) is 13.1. The molecular weight excluding hydrogens is 250 g/mol. The molecule has 20 heavy (non-hydrogen) atoms. The van der Waals surface area contributed by atoms with Crippen molar-refractivity contribution in [3.63, 3.8) is 0 Å². The summed E-state index contributed by atoms with van der Waals surface area (Å²) in [7, 11) is 5.57. The molecule has 1 aliphatic carbocycles. The van der Waals surface area contributed by atoms with Crippen molar-refractivity contribution >= 4 is 0 Å². The first-order chi connectivity index (χ1) is 9.65. The number of nitrogens with one attached hydrogen (secondary N) is 1. The van der Waals surface area contributed by atoms with Crippen LogP contribution in [0.3, 0.4) is 0 Å². The monoisotopic (exact) mass is 277 g/mol. The first kappa shape index (κ1) is 15.3. The molecule has 1 atom stereocenters. The Morgan fingerprint density at radius 2 is 1.75 bits per heavy atom. The molecule has 1 unspecified atom stereocenters. The second kappa shape index (κ2) is 6.59. The van der Waals surface area contributed by atoms with Gasteiger partial charge in [0.2, 0.25) is 0 Å². The van der Waals surface area contributed by atoms with Gasteiger partial charge >= 0.3 is 0 Å². The van der Waals surface area contributed by atoms with Gasteiger partial charge in [-0.3, -0.25) is 0 Å². The molecule has 0 aliphatic heterocycles. The SMILES string of the molecule is CNC(c1ccc(OC)cc1)C1(OC)CCC(C)CC1. The largest absolute Gasteiger partial charge is 0.497 e. The number of benzene rings is 1. The van der Waals surface area contributed by atoms with Crippen LogP contribution in [-0.2, 0) is 4.74 Å². The van der Waals surface area contributed by atoms with Gasteiger partial charge in [0.05, 0.1) is 18.8 Å². The number of rotatable bonds is 5. The Labute approximate surface area is 122 Å². The van der Waals surface area contributed by atoms with E-state index in [9.17, 15) is 0 Å². The Morgan fingerprint density at radius 1 is 1.15 bits per heavy atom. The molecule has 112 valence electrons. The zero-order valence-electron chi connectivity index (χ0n) is 13.1. The molecule has 0 amide bonds. The average Bonchev–Trinajstić information content (AvgIpc) is 2.51. The summed E-state index contributed by atoms with van der Waals surface area (Å²) in [5, 5.41) is 3.47. The van der Waals surface area contributed by atoms with E-state index in [0.717, 1.165) is 24.5 Å². The summed E-state index contributed by atoms with van der Waals surface area (Å²) in [6.45, 7) is 2.33. The Morgan fingerprint density at radius 3 is 2.20 bits per heavy atom. The number of likely N-dealkylation sites (N-methyl/N-ethyl adjacent to an activating group) is 1. The first-order valence-electron chi connectivity index (χ1n) is 7.51. The lowest BCUT2D eigenvalue weighted by atomic mass is 9.73. The molecule has 1 aromatic rings. The third-order valence-electron chi connectivity index (χ3n) is 4.79. The van der Waals surface area contributed by atoms with Crippen LogP contribution in [0.15, 0.2) is 24.3 Å². The Kier molecular flexibility index (Phi) is 5.06. The van der Waals surface area contributed by atoms with E-state index in [1.165, 1.54) is 18.4 Å². The first-order valence-corrected chi connectivity index (χ1v) is 7.51. The third kappa shape index (κ3) is 2.99. The molecule has 1 N–H and O–H groups in total. The highest BCUT2D eigenvalue weighted by Crippen LogP contribution is 2.42. The van der Waals surface area contributed by atoms with E-state index in [2.05, 4.69) is 24.4 Å². The van der Waals surface area contributed by atoms with Gasteiger partial charge in [0.15, 0.2) is 0 Å². The van der Waals surface area contributed by atoms with Crippen LogP contribution in [0.5, 0.6) is 5.75 Å². The molecule has 3 nitrogen and oxygen atoms in total. The molecule has 0 heterocycles. The molecule has 1 aliphatic rings. The van der Waals surface area contributed by atoms with Gasteiger partial charge in [0, 0.05) is 7.11 Å². The second-order valence-corrected chi connectivity index (χ2v) is 5.95. The van der Waals surface area contributed by atoms with Crippen LogP contribution >= 0.6 is 0 Å². The highest BCUT2D eigenvalue weighted by Gasteiger charge is 2.41. The number of methoxy groups -OCH3 is 2. The van der Waals surface area contributed by atoms with Gasteiger partial charge in [-0.1, -0.05) is 19.1 Å². The fourth-order valence-electron chi connectivity index (χ4n) is 3.39. The second-order valence-electron chi connectivity index (χ2n) is 5.95. The van der Waals surface area contributed by atoms with Crippen LogP contribution in [0.1, 0.15) is 44.2 Å². The smallest absolute Gasteiger partial charge is 0.118 e. The lowest BCUT2D eigenvalue weighted by Crippen LogP contribution is -2.46. The van der Waals surface area contributed by atoms with Crippen LogP contribution in [0, 0.1) is 5.92 Å². The van der Waals surface area contributed by atoms with E-state index in [1.807, 2.05) is 26.3 Å². The minimum atomic E-state index is -0.0875. The molecule has 0 spiro atoms. The summed E-state index contributed by atoms with van der Waals surface area (Å²) in [5.74, 6) is 1.71. The van der Waals surface area contributed by atoms with E-state index in [0.29, 0.717) is 0 Å². The highest BCUT2D eigenvalue weighted by atomic mass is 16.5. The van der Waals surface area contributed by atoms with Crippen LogP contribution in [0.25, 0.3) is 0 Å². The topological polar surface area (TPSA) is 30.5 Å². The van der Waals surface area contributed by atoms with E-state index in [4.69, 9.17) is 9.47 Å². The minimum absolute atomic E-state index is 0.0875. The van der Waals surface area contributed by atoms with Crippen molar-refractivity contribution in [3.05, 3.63) is 29.8 Å². The predicted octanol–water partition coefficient (Wildman–Crippen LogP) is 3.55.